The Morgan fingerprint density at radius 3 is 2.60 bits per heavy atom. The molecular formula is C23H30N2O5. The van der Waals surface area contributed by atoms with E-state index in [1.165, 1.54) is 12.8 Å². The number of carbonyl (C=O) groups excluding carboxylic acids is 1. The molecule has 1 amide bonds. The molecule has 7 nitrogen and oxygen atoms in total. The van der Waals surface area contributed by atoms with Gasteiger partial charge in [0.05, 0.1) is 25.3 Å². The molecule has 4 rings (SSSR count). The summed E-state index contributed by atoms with van der Waals surface area (Å²) in [6.45, 7) is 2.54. The minimum Gasteiger partial charge on any atom is -0.493 e. The lowest BCUT2D eigenvalue weighted by molar-refractivity contribution is 0.0794. The maximum Gasteiger partial charge on any atom is 0.251 e. The van der Waals surface area contributed by atoms with E-state index in [9.17, 15) is 9.90 Å². The second-order valence-electron chi connectivity index (χ2n) is 8.33. The first-order valence-electron chi connectivity index (χ1n) is 10.7. The van der Waals surface area contributed by atoms with Crippen LogP contribution in [0.25, 0.3) is 0 Å². The number of hydrogen-bond acceptors (Lipinski definition) is 6. The first kappa shape index (κ1) is 20.9. The maximum absolute atomic E-state index is 12.7. The van der Waals surface area contributed by atoms with Gasteiger partial charge >= 0.3 is 0 Å². The van der Waals surface area contributed by atoms with E-state index in [1.54, 1.807) is 18.2 Å². The Hall–Kier alpha value is -2.35. The predicted octanol–water partition coefficient (Wildman–Crippen LogP) is 2.32. The lowest BCUT2D eigenvalue weighted by Gasteiger charge is -2.26. The molecule has 1 aromatic heterocycles. The number of aliphatic hydroxyl groups excluding tert-OH is 2. The molecule has 2 fully saturated rings. The first-order valence-corrected chi connectivity index (χ1v) is 10.7. The van der Waals surface area contributed by atoms with Crippen LogP contribution in [-0.4, -0.2) is 52.9 Å². The summed E-state index contributed by atoms with van der Waals surface area (Å²) in [5.41, 5.74) is 0.551. The van der Waals surface area contributed by atoms with Crippen LogP contribution in [0.15, 0.2) is 40.8 Å². The minimum absolute atomic E-state index is 0.123. The van der Waals surface area contributed by atoms with Crippen LogP contribution in [0.4, 0.5) is 0 Å². The molecule has 2 heterocycles. The number of aliphatic hydroxyl groups is 2. The number of nitrogens with one attached hydrogen (secondary N) is 1. The normalized spacial score (nSPS) is 22.5. The molecule has 1 aromatic carbocycles. The van der Waals surface area contributed by atoms with Gasteiger partial charge in [-0.1, -0.05) is 0 Å². The van der Waals surface area contributed by atoms with Gasteiger partial charge in [-0.25, -0.2) is 0 Å². The van der Waals surface area contributed by atoms with E-state index in [2.05, 4.69) is 10.2 Å². The monoisotopic (exact) mass is 414 g/mol. The van der Waals surface area contributed by atoms with Crippen LogP contribution in [0, 0.1) is 5.92 Å². The van der Waals surface area contributed by atoms with E-state index >= 15 is 0 Å². The summed E-state index contributed by atoms with van der Waals surface area (Å²) in [5, 5.41) is 22.7. The molecule has 1 saturated carbocycles. The average molecular weight is 415 g/mol. The van der Waals surface area contributed by atoms with Crippen molar-refractivity contribution in [1.29, 1.82) is 0 Å². The summed E-state index contributed by atoms with van der Waals surface area (Å²) in [6.07, 6.45) is 3.36. The van der Waals surface area contributed by atoms with E-state index in [0.29, 0.717) is 36.8 Å². The maximum atomic E-state index is 12.7. The van der Waals surface area contributed by atoms with Crippen LogP contribution in [0.3, 0.4) is 0 Å². The number of carbonyl (C=O) groups is 1. The van der Waals surface area contributed by atoms with E-state index in [0.717, 1.165) is 31.1 Å². The van der Waals surface area contributed by atoms with Crippen LogP contribution in [0.5, 0.6) is 5.75 Å². The smallest absolute Gasteiger partial charge is 0.251 e. The molecule has 2 atom stereocenters. The zero-order valence-corrected chi connectivity index (χ0v) is 17.1. The SMILES string of the molecule is O=C(N[C@H]1CN(Cc2ccc(CO)o2)CCC[C@H]1O)c1ccc(OCC2CC2)cc1. The van der Waals surface area contributed by atoms with Crippen molar-refractivity contribution in [1.82, 2.24) is 10.2 Å². The van der Waals surface area contributed by atoms with Crippen LogP contribution < -0.4 is 10.1 Å². The molecule has 0 bridgehead atoms. The molecule has 0 unspecified atom stereocenters. The molecule has 0 radical (unpaired) electrons. The van der Waals surface area contributed by atoms with Gasteiger partial charge in [-0.15, -0.1) is 0 Å². The number of amides is 1. The second-order valence-corrected chi connectivity index (χ2v) is 8.33. The lowest BCUT2D eigenvalue weighted by atomic mass is 10.1. The topological polar surface area (TPSA) is 95.2 Å². The van der Waals surface area contributed by atoms with Crippen molar-refractivity contribution in [3.8, 4) is 5.75 Å². The molecule has 1 aliphatic carbocycles. The van der Waals surface area contributed by atoms with Gasteiger partial charge < -0.3 is 24.7 Å². The van der Waals surface area contributed by atoms with Crippen molar-refractivity contribution >= 4 is 5.91 Å². The van der Waals surface area contributed by atoms with E-state index in [1.807, 2.05) is 18.2 Å². The Bertz CT molecular complexity index is 830. The van der Waals surface area contributed by atoms with Gasteiger partial charge in [0.25, 0.3) is 5.91 Å². The molecule has 30 heavy (non-hydrogen) atoms. The van der Waals surface area contributed by atoms with Gasteiger partial charge in [0.2, 0.25) is 0 Å². The number of benzene rings is 1. The van der Waals surface area contributed by atoms with E-state index < -0.39 is 6.10 Å². The minimum atomic E-state index is -0.593. The molecule has 1 saturated heterocycles. The molecule has 0 spiro atoms. The van der Waals surface area contributed by atoms with E-state index in [4.69, 9.17) is 14.3 Å². The van der Waals surface area contributed by atoms with Crippen LogP contribution in [-0.2, 0) is 13.2 Å². The standard InChI is InChI=1S/C23H30N2O5/c26-14-20-10-9-19(30-20)12-25-11-1-2-22(27)21(13-25)24-23(28)17-5-7-18(8-6-17)29-15-16-3-4-16/h5-10,16,21-22,26-27H,1-4,11-15H2,(H,24,28)/t21-,22+/m0/s1. The zero-order chi connectivity index (χ0) is 20.9. The number of nitrogens with zero attached hydrogens (tertiary/aromatic N) is 1. The summed E-state index contributed by atoms with van der Waals surface area (Å²) in [4.78, 5) is 14.9. The molecule has 2 aliphatic rings. The van der Waals surface area contributed by atoms with Gasteiger partial charge in [-0.05, 0) is 74.5 Å². The molecule has 2 aromatic rings. The summed E-state index contributed by atoms with van der Waals surface area (Å²) >= 11 is 0. The quantitative estimate of drug-likeness (QED) is 0.614. The first-order chi connectivity index (χ1) is 14.6. The fourth-order valence-corrected chi connectivity index (χ4v) is 3.77. The van der Waals surface area contributed by atoms with Gasteiger partial charge in [-0.2, -0.15) is 0 Å². The number of rotatable bonds is 8. The van der Waals surface area contributed by atoms with Crippen LogP contribution in [0.2, 0.25) is 0 Å². The fourth-order valence-electron chi connectivity index (χ4n) is 3.77. The third-order valence-electron chi connectivity index (χ3n) is 5.76. The Morgan fingerprint density at radius 1 is 1.13 bits per heavy atom. The Labute approximate surface area is 176 Å². The second kappa shape index (κ2) is 9.64. The van der Waals surface area contributed by atoms with Gasteiger partial charge in [0, 0.05) is 12.1 Å². The highest BCUT2D eigenvalue weighted by Gasteiger charge is 2.28. The van der Waals surface area contributed by atoms with E-state index in [-0.39, 0.29) is 18.6 Å². The molecular weight excluding hydrogens is 384 g/mol. The Kier molecular flexibility index (Phi) is 6.72. The molecule has 1 aliphatic heterocycles. The number of likely N-dealkylation sites (tertiary alicyclic amines) is 1. The molecule has 162 valence electrons. The van der Waals surface area contributed by atoms with Crippen molar-refractivity contribution in [3.63, 3.8) is 0 Å². The van der Waals surface area contributed by atoms with Crippen molar-refractivity contribution in [2.45, 2.75) is 51.0 Å². The summed E-state index contributed by atoms with van der Waals surface area (Å²) in [5.74, 6) is 2.57. The number of furan rings is 1. The third kappa shape index (κ3) is 5.62. The highest BCUT2D eigenvalue weighted by atomic mass is 16.5. The van der Waals surface area contributed by atoms with Crippen molar-refractivity contribution in [2.24, 2.45) is 5.92 Å². The Morgan fingerprint density at radius 2 is 1.90 bits per heavy atom. The zero-order valence-electron chi connectivity index (χ0n) is 17.1. The average Bonchev–Trinajstić information content (AvgIpc) is 3.51. The third-order valence-corrected chi connectivity index (χ3v) is 5.76. The summed E-state index contributed by atoms with van der Waals surface area (Å²) in [7, 11) is 0. The molecule has 3 N–H and O–H groups in total. The largest absolute Gasteiger partial charge is 0.493 e. The highest BCUT2D eigenvalue weighted by molar-refractivity contribution is 5.94. The lowest BCUT2D eigenvalue weighted by Crippen LogP contribution is -2.48. The van der Waals surface area contributed by atoms with Crippen molar-refractivity contribution < 1.29 is 24.2 Å². The van der Waals surface area contributed by atoms with Crippen molar-refractivity contribution in [2.75, 3.05) is 19.7 Å². The predicted molar refractivity (Wildman–Crippen MR) is 111 cm³/mol. The highest BCUT2D eigenvalue weighted by Crippen LogP contribution is 2.29. The summed E-state index contributed by atoms with van der Waals surface area (Å²) < 4.78 is 11.3. The Balaban J connectivity index is 1.34. The van der Waals surface area contributed by atoms with Crippen molar-refractivity contribution in [3.05, 3.63) is 53.5 Å². The van der Waals surface area contributed by atoms with Gasteiger partial charge in [0.15, 0.2) is 0 Å². The summed E-state index contributed by atoms with van der Waals surface area (Å²) in [6, 6.07) is 10.4. The number of ether oxygens (including phenoxy) is 1. The molecule has 7 heteroatoms. The van der Waals surface area contributed by atoms with Crippen LogP contribution >= 0.6 is 0 Å². The van der Waals surface area contributed by atoms with Gasteiger partial charge in [-0.3, -0.25) is 9.69 Å². The fraction of sp³-hybridized carbons (Fsp3) is 0.522. The van der Waals surface area contributed by atoms with Gasteiger partial charge in [0.1, 0.15) is 23.9 Å². The van der Waals surface area contributed by atoms with Crippen LogP contribution in [0.1, 0.15) is 47.6 Å². The number of hydrogen-bond donors (Lipinski definition) is 3.